The zero-order valence-electron chi connectivity index (χ0n) is 16.5. The predicted molar refractivity (Wildman–Crippen MR) is 99.8 cm³/mol. The van der Waals surface area contributed by atoms with Crippen molar-refractivity contribution in [1.82, 2.24) is 0 Å². The Labute approximate surface area is 185 Å². The van der Waals surface area contributed by atoms with Crippen molar-refractivity contribution in [1.29, 1.82) is 0 Å². The minimum Gasteiger partial charge on any atom is -1.00 e. The quantitative estimate of drug-likeness (QED) is 0.261. The summed E-state index contributed by atoms with van der Waals surface area (Å²) in [6.45, 7) is 2.24. The Kier molecular flexibility index (Phi) is 14.4. The standard InChI is InChI=1S/C18H30O3S.Ba.2H/c1-2-3-4-5-6-7-8-9-10-11-14-17-15-12-13-16-18(17)22(19,20)21;;;/h12-13,15-16H,2-11,14H2,1H3,(H,19,20,21);;;/q;+2;2*-1. The van der Waals surface area contributed by atoms with E-state index in [1.165, 1.54) is 57.4 Å². The molecule has 5 heteroatoms. The fraction of sp³-hybridized carbons (Fsp3) is 0.667. The molecule has 0 radical (unpaired) electrons. The molecular weight excluding hydrogens is 434 g/mol. The molecule has 0 unspecified atom stereocenters. The molecule has 0 heterocycles. The largest absolute Gasteiger partial charge is 2.00 e. The molecule has 23 heavy (non-hydrogen) atoms. The van der Waals surface area contributed by atoms with E-state index in [1.807, 2.05) is 6.07 Å². The molecule has 0 amide bonds. The Hall–Kier alpha value is 0.701. The van der Waals surface area contributed by atoms with E-state index in [9.17, 15) is 13.0 Å². The van der Waals surface area contributed by atoms with Gasteiger partial charge in [-0.25, -0.2) is 0 Å². The van der Waals surface area contributed by atoms with Crippen molar-refractivity contribution in [2.75, 3.05) is 0 Å². The Bertz CT molecular complexity index is 525. The van der Waals surface area contributed by atoms with Crippen LogP contribution >= 0.6 is 0 Å². The van der Waals surface area contributed by atoms with Gasteiger partial charge >= 0.3 is 48.9 Å². The predicted octanol–water partition coefficient (Wildman–Crippen LogP) is 5.24. The van der Waals surface area contributed by atoms with E-state index < -0.39 is 10.1 Å². The van der Waals surface area contributed by atoms with Crippen LogP contribution in [0.3, 0.4) is 0 Å². The number of hydrogen-bond donors (Lipinski definition) is 1. The Balaban J connectivity index is -0.00000161. The Morgan fingerprint density at radius 3 is 1.87 bits per heavy atom. The van der Waals surface area contributed by atoms with Crippen LogP contribution < -0.4 is 0 Å². The van der Waals surface area contributed by atoms with Crippen LogP contribution in [0.15, 0.2) is 29.2 Å². The topological polar surface area (TPSA) is 54.4 Å². The third-order valence-corrected chi connectivity index (χ3v) is 5.00. The summed E-state index contributed by atoms with van der Waals surface area (Å²) in [5.41, 5.74) is 0.726. The normalized spacial score (nSPS) is 11.2. The summed E-state index contributed by atoms with van der Waals surface area (Å²) in [7, 11) is -4.10. The van der Waals surface area contributed by atoms with Crippen molar-refractivity contribution in [2.24, 2.45) is 0 Å². The SMILES string of the molecule is CCCCCCCCCCCCc1ccccc1S(=O)(=O)O.[Ba+2].[H-].[H-]. The molecule has 0 fully saturated rings. The molecule has 0 saturated carbocycles. The van der Waals surface area contributed by atoms with Gasteiger partial charge in [0.2, 0.25) is 0 Å². The molecule has 1 rings (SSSR count). The van der Waals surface area contributed by atoms with Crippen molar-refractivity contribution in [2.45, 2.75) is 82.4 Å². The first kappa shape index (κ1) is 23.7. The summed E-state index contributed by atoms with van der Waals surface area (Å²) in [5, 5.41) is 0. The fourth-order valence-corrected chi connectivity index (χ4v) is 3.52. The summed E-state index contributed by atoms with van der Waals surface area (Å²) in [4.78, 5) is 0.0610. The molecule has 0 spiro atoms. The van der Waals surface area contributed by atoms with Gasteiger partial charge in [-0.15, -0.1) is 0 Å². The maximum Gasteiger partial charge on any atom is 2.00 e. The van der Waals surface area contributed by atoms with E-state index in [0.717, 1.165) is 18.4 Å². The van der Waals surface area contributed by atoms with Crippen molar-refractivity contribution >= 4 is 59.0 Å². The minimum atomic E-state index is -4.10. The molecule has 3 nitrogen and oxygen atoms in total. The summed E-state index contributed by atoms with van der Waals surface area (Å²) in [6, 6.07) is 6.73. The van der Waals surface area contributed by atoms with E-state index in [4.69, 9.17) is 0 Å². The van der Waals surface area contributed by atoms with Crippen molar-refractivity contribution in [3.05, 3.63) is 29.8 Å². The number of benzene rings is 1. The van der Waals surface area contributed by atoms with Gasteiger partial charge in [0, 0.05) is 0 Å². The van der Waals surface area contributed by atoms with Crippen LogP contribution in [0, 0.1) is 0 Å². The van der Waals surface area contributed by atoms with Crippen molar-refractivity contribution in [3.8, 4) is 0 Å². The first-order valence-electron chi connectivity index (χ1n) is 8.61. The van der Waals surface area contributed by atoms with Crippen LogP contribution in [-0.2, 0) is 16.5 Å². The van der Waals surface area contributed by atoms with Crippen LogP contribution in [0.5, 0.6) is 0 Å². The second-order valence-electron chi connectivity index (χ2n) is 6.01. The van der Waals surface area contributed by atoms with Crippen LogP contribution in [0.1, 0.15) is 79.5 Å². The molecule has 1 aromatic carbocycles. The van der Waals surface area contributed by atoms with Crippen molar-refractivity contribution in [3.63, 3.8) is 0 Å². The van der Waals surface area contributed by atoms with Crippen LogP contribution in [-0.4, -0.2) is 61.9 Å². The molecule has 0 aromatic heterocycles. The molecule has 0 aliphatic rings. The van der Waals surface area contributed by atoms with Crippen LogP contribution in [0.2, 0.25) is 0 Å². The van der Waals surface area contributed by atoms with Gasteiger partial charge in [0.15, 0.2) is 0 Å². The Morgan fingerprint density at radius 1 is 0.870 bits per heavy atom. The zero-order chi connectivity index (χ0) is 16.3. The van der Waals surface area contributed by atoms with Gasteiger partial charge in [-0.2, -0.15) is 8.42 Å². The molecule has 0 aliphatic heterocycles. The van der Waals surface area contributed by atoms with Gasteiger partial charge in [0.05, 0.1) is 4.90 Å². The molecule has 1 aromatic rings. The zero-order valence-corrected chi connectivity index (χ0v) is 19.7. The van der Waals surface area contributed by atoms with Gasteiger partial charge in [-0.05, 0) is 24.5 Å². The molecule has 1 N–H and O–H groups in total. The molecule has 0 aliphatic carbocycles. The van der Waals surface area contributed by atoms with E-state index in [1.54, 1.807) is 12.1 Å². The second kappa shape index (κ2) is 13.9. The van der Waals surface area contributed by atoms with Gasteiger partial charge in [0.25, 0.3) is 10.1 Å². The smallest absolute Gasteiger partial charge is 1.00 e. The average Bonchev–Trinajstić information content (AvgIpc) is 2.48. The van der Waals surface area contributed by atoms with E-state index in [-0.39, 0.29) is 56.6 Å². The van der Waals surface area contributed by atoms with Crippen LogP contribution in [0.25, 0.3) is 0 Å². The summed E-state index contributed by atoms with van der Waals surface area (Å²) in [6.07, 6.45) is 13.3. The summed E-state index contributed by atoms with van der Waals surface area (Å²) < 4.78 is 31.8. The second-order valence-corrected chi connectivity index (χ2v) is 7.40. The fourth-order valence-electron chi connectivity index (χ4n) is 2.76. The molecule has 0 saturated heterocycles. The average molecular weight is 466 g/mol. The number of unbranched alkanes of at least 4 members (excludes halogenated alkanes) is 9. The van der Waals surface area contributed by atoms with Gasteiger partial charge < -0.3 is 2.85 Å². The molecular formula is C18H32BaO3S. The van der Waals surface area contributed by atoms with Gasteiger partial charge in [0.1, 0.15) is 0 Å². The van der Waals surface area contributed by atoms with E-state index in [0.29, 0.717) is 6.42 Å². The third kappa shape index (κ3) is 11.0. The van der Waals surface area contributed by atoms with E-state index >= 15 is 0 Å². The van der Waals surface area contributed by atoms with Gasteiger partial charge in [-0.1, -0.05) is 82.9 Å². The maximum absolute atomic E-state index is 11.3. The summed E-state index contributed by atoms with van der Waals surface area (Å²) in [5.74, 6) is 0. The Morgan fingerprint density at radius 2 is 1.35 bits per heavy atom. The first-order chi connectivity index (χ1) is 10.6. The summed E-state index contributed by atoms with van der Waals surface area (Å²) >= 11 is 0. The monoisotopic (exact) mass is 466 g/mol. The molecule has 130 valence electrons. The first-order valence-corrected chi connectivity index (χ1v) is 10.0. The number of hydrogen-bond acceptors (Lipinski definition) is 2. The van der Waals surface area contributed by atoms with Crippen LogP contribution in [0.4, 0.5) is 0 Å². The van der Waals surface area contributed by atoms with E-state index in [2.05, 4.69) is 6.92 Å². The molecule has 0 atom stereocenters. The molecule has 0 bridgehead atoms. The van der Waals surface area contributed by atoms with Gasteiger partial charge in [-0.3, -0.25) is 4.55 Å². The third-order valence-electron chi connectivity index (χ3n) is 4.05. The van der Waals surface area contributed by atoms with Crippen molar-refractivity contribution < 1.29 is 15.8 Å². The number of aryl methyl sites for hydroxylation is 1. The number of rotatable bonds is 12. The maximum atomic E-state index is 11.3. The minimum absolute atomic E-state index is 0.